The molecule has 0 fully saturated rings. The number of aromatic nitrogens is 2. The van der Waals surface area contributed by atoms with Crippen LogP contribution < -0.4 is 4.74 Å². The van der Waals surface area contributed by atoms with Crippen LogP contribution in [0.1, 0.15) is 27.2 Å². The van der Waals surface area contributed by atoms with Crippen LogP contribution in [0.25, 0.3) is 0 Å². The highest BCUT2D eigenvalue weighted by molar-refractivity contribution is 6.09. The Labute approximate surface area is 110 Å². The Balaban J connectivity index is 2.02. The maximum Gasteiger partial charge on any atom is 0.214 e. The third kappa shape index (κ3) is 1.92. The molecule has 0 saturated heterocycles. The van der Waals surface area contributed by atoms with Gasteiger partial charge in [-0.2, -0.15) is 5.10 Å². The van der Waals surface area contributed by atoms with Crippen molar-refractivity contribution in [1.82, 2.24) is 9.78 Å². The van der Waals surface area contributed by atoms with Gasteiger partial charge in [-0.3, -0.25) is 9.48 Å². The molecule has 0 aliphatic carbocycles. The van der Waals surface area contributed by atoms with Crippen molar-refractivity contribution in [3.63, 3.8) is 0 Å². The summed E-state index contributed by atoms with van der Waals surface area (Å²) in [5.74, 6) is 0.399. The molecular formula is C14H14N2O3. The molecule has 0 saturated carbocycles. The molecule has 1 aliphatic rings. The maximum atomic E-state index is 12.5. The molecule has 19 heavy (non-hydrogen) atoms. The van der Waals surface area contributed by atoms with Gasteiger partial charge in [0.2, 0.25) is 5.78 Å². The lowest BCUT2D eigenvalue weighted by Gasteiger charge is -2.06. The summed E-state index contributed by atoms with van der Waals surface area (Å²) in [7, 11) is 3.26. The number of hydrogen-bond acceptors (Lipinski definition) is 4. The molecule has 1 aromatic heterocycles. The van der Waals surface area contributed by atoms with E-state index in [0.717, 1.165) is 11.1 Å². The number of carbonyl (C=O) groups excluding carboxylic acids is 1. The number of benzene rings is 1. The van der Waals surface area contributed by atoms with Crippen molar-refractivity contribution >= 4 is 5.78 Å². The maximum absolute atomic E-state index is 12.5. The molecule has 2 aromatic rings. The first-order valence-corrected chi connectivity index (χ1v) is 6.01. The second kappa shape index (κ2) is 4.51. The summed E-state index contributed by atoms with van der Waals surface area (Å²) < 4.78 is 12.1. The fourth-order valence-electron chi connectivity index (χ4n) is 2.28. The molecule has 0 radical (unpaired) electrons. The summed E-state index contributed by atoms with van der Waals surface area (Å²) >= 11 is 0. The number of hydrogen-bond donors (Lipinski definition) is 0. The van der Waals surface area contributed by atoms with Crippen LogP contribution in [0.3, 0.4) is 0 Å². The minimum absolute atomic E-state index is 0.0912. The van der Waals surface area contributed by atoms with Crippen LogP contribution in [0.2, 0.25) is 0 Å². The van der Waals surface area contributed by atoms with Crippen molar-refractivity contribution in [2.75, 3.05) is 7.11 Å². The van der Waals surface area contributed by atoms with E-state index >= 15 is 0 Å². The lowest BCUT2D eigenvalue weighted by molar-refractivity contribution is 0.102. The summed E-state index contributed by atoms with van der Waals surface area (Å²) in [6.45, 7) is 1.19. The monoisotopic (exact) mass is 258 g/mol. The Hall–Kier alpha value is -2.14. The largest absolute Gasteiger partial charge is 0.493 e. The van der Waals surface area contributed by atoms with Gasteiger partial charge in [0.1, 0.15) is 0 Å². The number of methoxy groups -OCH3 is 1. The molecule has 0 atom stereocenters. The topological polar surface area (TPSA) is 53.4 Å². The van der Waals surface area contributed by atoms with Gasteiger partial charge in [-0.05, 0) is 17.2 Å². The molecule has 1 aromatic carbocycles. The van der Waals surface area contributed by atoms with Crippen molar-refractivity contribution in [3.05, 3.63) is 46.8 Å². The fourth-order valence-corrected chi connectivity index (χ4v) is 2.28. The molecule has 3 rings (SSSR count). The molecule has 5 heteroatoms. The summed E-state index contributed by atoms with van der Waals surface area (Å²) in [5, 5.41) is 4.05. The predicted octanol–water partition coefficient (Wildman–Crippen LogP) is 1.69. The van der Waals surface area contributed by atoms with E-state index in [1.165, 1.54) is 11.8 Å². The van der Waals surface area contributed by atoms with Gasteiger partial charge in [0.05, 0.1) is 26.5 Å². The highest BCUT2D eigenvalue weighted by Gasteiger charge is 2.21. The zero-order chi connectivity index (χ0) is 13.4. The Bertz CT molecular complexity index is 646. The van der Waals surface area contributed by atoms with Crippen LogP contribution >= 0.6 is 0 Å². The first-order chi connectivity index (χ1) is 9.20. The minimum atomic E-state index is -0.0912. The van der Waals surface area contributed by atoms with Gasteiger partial charge in [0.25, 0.3) is 0 Å². The van der Waals surface area contributed by atoms with E-state index in [-0.39, 0.29) is 5.78 Å². The van der Waals surface area contributed by atoms with Crippen LogP contribution in [-0.2, 0) is 25.0 Å². The van der Waals surface area contributed by atoms with E-state index in [0.29, 0.717) is 30.2 Å². The zero-order valence-electron chi connectivity index (χ0n) is 10.8. The van der Waals surface area contributed by atoms with Gasteiger partial charge in [0.15, 0.2) is 11.4 Å². The van der Waals surface area contributed by atoms with Gasteiger partial charge in [-0.15, -0.1) is 0 Å². The van der Waals surface area contributed by atoms with E-state index in [9.17, 15) is 4.79 Å². The van der Waals surface area contributed by atoms with Gasteiger partial charge in [-0.25, -0.2) is 0 Å². The van der Waals surface area contributed by atoms with Gasteiger partial charge < -0.3 is 9.47 Å². The van der Waals surface area contributed by atoms with Gasteiger partial charge in [-0.1, -0.05) is 12.1 Å². The SMILES string of the molecule is COc1cnn(C)c1C(=O)c1ccc2c(c1)COC2. The van der Waals surface area contributed by atoms with Gasteiger partial charge in [0, 0.05) is 12.6 Å². The predicted molar refractivity (Wildman–Crippen MR) is 68.1 cm³/mol. The highest BCUT2D eigenvalue weighted by atomic mass is 16.5. The van der Waals surface area contributed by atoms with E-state index in [4.69, 9.17) is 9.47 Å². The minimum Gasteiger partial charge on any atom is -0.493 e. The molecule has 0 unspecified atom stereocenters. The third-order valence-electron chi connectivity index (χ3n) is 3.32. The summed E-state index contributed by atoms with van der Waals surface area (Å²) in [6.07, 6.45) is 1.55. The lowest BCUT2D eigenvalue weighted by atomic mass is 10.0. The second-order valence-corrected chi connectivity index (χ2v) is 4.49. The number of ether oxygens (including phenoxy) is 2. The number of ketones is 1. The molecule has 0 bridgehead atoms. The van der Waals surface area contributed by atoms with Crippen molar-refractivity contribution in [3.8, 4) is 5.75 Å². The van der Waals surface area contributed by atoms with Crippen molar-refractivity contribution in [2.45, 2.75) is 13.2 Å². The van der Waals surface area contributed by atoms with Crippen LogP contribution in [0.15, 0.2) is 24.4 Å². The van der Waals surface area contributed by atoms with Crippen LogP contribution in [0.4, 0.5) is 0 Å². The van der Waals surface area contributed by atoms with E-state index < -0.39 is 0 Å². The zero-order valence-corrected chi connectivity index (χ0v) is 10.8. The molecule has 0 spiro atoms. The smallest absolute Gasteiger partial charge is 0.214 e. The Morgan fingerprint density at radius 3 is 2.95 bits per heavy atom. The Morgan fingerprint density at radius 1 is 1.37 bits per heavy atom. The number of carbonyl (C=O) groups is 1. The van der Waals surface area contributed by atoms with Crippen LogP contribution in [0, 0.1) is 0 Å². The summed E-state index contributed by atoms with van der Waals surface area (Å²) in [6, 6.07) is 5.65. The van der Waals surface area contributed by atoms with E-state index in [1.807, 2.05) is 18.2 Å². The van der Waals surface area contributed by atoms with Gasteiger partial charge >= 0.3 is 0 Å². The molecular weight excluding hydrogens is 244 g/mol. The third-order valence-corrected chi connectivity index (χ3v) is 3.32. The average molecular weight is 258 g/mol. The van der Waals surface area contributed by atoms with E-state index in [2.05, 4.69) is 5.10 Å². The first kappa shape index (κ1) is 11.9. The highest BCUT2D eigenvalue weighted by Crippen LogP contribution is 2.25. The Morgan fingerprint density at radius 2 is 2.16 bits per heavy atom. The van der Waals surface area contributed by atoms with E-state index in [1.54, 1.807) is 13.2 Å². The summed E-state index contributed by atoms with van der Waals surface area (Å²) in [5.41, 5.74) is 3.31. The standard InChI is InChI=1S/C14H14N2O3/c1-16-13(12(18-2)6-15-16)14(17)9-3-4-10-7-19-8-11(10)5-9/h3-6H,7-8H2,1-2H3. The van der Waals surface area contributed by atoms with Crippen LogP contribution in [-0.4, -0.2) is 22.7 Å². The lowest BCUT2D eigenvalue weighted by Crippen LogP contribution is -2.10. The second-order valence-electron chi connectivity index (χ2n) is 4.49. The molecule has 1 aliphatic heterocycles. The molecule has 98 valence electrons. The number of aryl methyl sites for hydroxylation is 1. The van der Waals surface area contributed by atoms with Crippen LogP contribution in [0.5, 0.6) is 5.75 Å². The fraction of sp³-hybridized carbons (Fsp3) is 0.286. The summed E-state index contributed by atoms with van der Waals surface area (Å²) in [4.78, 5) is 12.5. The quantitative estimate of drug-likeness (QED) is 0.786. The first-order valence-electron chi connectivity index (χ1n) is 6.01. The molecule has 2 heterocycles. The molecule has 0 amide bonds. The number of rotatable bonds is 3. The number of nitrogens with zero attached hydrogens (tertiary/aromatic N) is 2. The molecule has 0 N–H and O–H groups in total. The number of fused-ring (bicyclic) bond motifs is 1. The normalized spacial score (nSPS) is 13.4. The van der Waals surface area contributed by atoms with Crippen molar-refractivity contribution < 1.29 is 14.3 Å². The van der Waals surface area contributed by atoms with Crippen molar-refractivity contribution in [2.24, 2.45) is 7.05 Å². The average Bonchev–Trinajstić information content (AvgIpc) is 3.02. The Kier molecular flexibility index (Phi) is 2.83. The molecule has 5 nitrogen and oxygen atoms in total. The van der Waals surface area contributed by atoms with Crippen molar-refractivity contribution in [1.29, 1.82) is 0 Å².